The van der Waals surface area contributed by atoms with E-state index in [1.165, 1.54) is 0 Å². The maximum absolute atomic E-state index is 12.5. The molecule has 1 amide bonds. The van der Waals surface area contributed by atoms with Gasteiger partial charge in [-0.3, -0.25) is 0 Å². The number of H-pyrrole nitrogens is 1. The van der Waals surface area contributed by atoms with Gasteiger partial charge in [0.1, 0.15) is 5.75 Å². The number of piperidine rings is 1. The zero-order chi connectivity index (χ0) is 20.6. The molecular weight excluding hydrogens is 400 g/mol. The first kappa shape index (κ1) is 20.3. The monoisotopic (exact) mass is 424 g/mol. The topological polar surface area (TPSA) is 80.3 Å². The lowest BCUT2D eigenvalue weighted by molar-refractivity contribution is 0.143. The molecule has 1 fully saturated rings. The highest BCUT2D eigenvalue weighted by molar-refractivity contribution is 7.99. The van der Waals surface area contributed by atoms with E-state index < -0.39 is 0 Å². The number of imidazole rings is 1. The zero-order valence-corrected chi connectivity index (χ0v) is 17.4. The summed E-state index contributed by atoms with van der Waals surface area (Å²) in [5.41, 5.74) is 1.11. The summed E-state index contributed by atoms with van der Waals surface area (Å²) in [7, 11) is 0. The van der Waals surface area contributed by atoms with Crippen molar-refractivity contribution < 1.29 is 14.3 Å². The largest absolute Gasteiger partial charge is 0.477 e. The Morgan fingerprint density at radius 1 is 1.10 bits per heavy atom. The average molecular weight is 425 g/mol. The number of aromatic nitrogens is 3. The van der Waals surface area contributed by atoms with Crippen LogP contribution in [0.4, 0.5) is 4.79 Å². The van der Waals surface area contributed by atoms with E-state index in [9.17, 15) is 4.79 Å². The van der Waals surface area contributed by atoms with E-state index >= 15 is 0 Å². The van der Waals surface area contributed by atoms with Crippen LogP contribution in [0.25, 0.3) is 0 Å². The lowest BCUT2D eigenvalue weighted by atomic mass is 10.1. The number of amides is 1. The Balaban J connectivity index is 1.19. The van der Waals surface area contributed by atoms with Crippen LogP contribution in [0, 0.1) is 0 Å². The predicted molar refractivity (Wildman–Crippen MR) is 115 cm³/mol. The minimum atomic E-state index is -0.289. The van der Waals surface area contributed by atoms with E-state index in [2.05, 4.69) is 15.0 Å². The number of likely N-dealkylation sites (tertiary alicyclic amines) is 1. The molecule has 0 radical (unpaired) electrons. The molecular formula is C22H24N4O3S. The van der Waals surface area contributed by atoms with Gasteiger partial charge in [0.25, 0.3) is 0 Å². The summed E-state index contributed by atoms with van der Waals surface area (Å²) >= 11 is 1.74. The van der Waals surface area contributed by atoms with Gasteiger partial charge in [-0.1, -0.05) is 30.0 Å². The van der Waals surface area contributed by atoms with Gasteiger partial charge in [0, 0.05) is 49.4 Å². The van der Waals surface area contributed by atoms with Gasteiger partial charge in [-0.2, -0.15) is 0 Å². The number of pyridine rings is 1. The molecule has 3 heterocycles. The number of rotatable bonds is 7. The molecule has 1 aliphatic heterocycles. The number of benzene rings is 1. The summed E-state index contributed by atoms with van der Waals surface area (Å²) in [6.07, 6.45) is 7.61. The first-order valence-corrected chi connectivity index (χ1v) is 10.9. The standard InChI is InChI=1S/C22H24N4O3S/c27-22(26-14-8-19(9-15-26)30-21-24-12-13-25-21)29-18-6-4-17(5-7-18)10-16-28-20-3-1-2-11-23-20/h1-7,11-13,19H,8-10,14-16H2,(H,24,25). The Hall–Kier alpha value is -3.00. The van der Waals surface area contributed by atoms with Crippen LogP contribution in [-0.2, 0) is 6.42 Å². The van der Waals surface area contributed by atoms with Crippen molar-refractivity contribution in [3.8, 4) is 11.6 Å². The highest BCUT2D eigenvalue weighted by Crippen LogP contribution is 2.28. The van der Waals surface area contributed by atoms with Gasteiger partial charge < -0.3 is 19.4 Å². The smallest absolute Gasteiger partial charge is 0.415 e. The first-order valence-electron chi connectivity index (χ1n) is 10.0. The van der Waals surface area contributed by atoms with Gasteiger partial charge in [-0.15, -0.1) is 0 Å². The molecule has 1 saturated heterocycles. The van der Waals surface area contributed by atoms with Crippen molar-refractivity contribution in [3.05, 3.63) is 66.6 Å². The Bertz CT molecular complexity index is 911. The van der Waals surface area contributed by atoms with Crippen molar-refractivity contribution in [3.63, 3.8) is 0 Å². The molecule has 0 spiro atoms. The molecule has 7 nitrogen and oxygen atoms in total. The molecule has 3 aromatic rings. The van der Waals surface area contributed by atoms with E-state index in [1.807, 2.05) is 48.7 Å². The third-order valence-corrected chi connectivity index (χ3v) is 6.11. The van der Waals surface area contributed by atoms with Gasteiger partial charge in [0.2, 0.25) is 5.88 Å². The van der Waals surface area contributed by atoms with Crippen LogP contribution >= 0.6 is 11.8 Å². The number of nitrogens with one attached hydrogen (secondary N) is 1. The molecule has 4 rings (SSSR count). The van der Waals surface area contributed by atoms with Crippen LogP contribution in [-0.4, -0.2) is 50.9 Å². The second-order valence-electron chi connectivity index (χ2n) is 6.98. The second kappa shape index (κ2) is 10.2. The second-order valence-corrected chi connectivity index (χ2v) is 8.27. The van der Waals surface area contributed by atoms with Gasteiger partial charge in [-0.05, 0) is 36.6 Å². The molecule has 0 aliphatic carbocycles. The van der Waals surface area contributed by atoms with Crippen LogP contribution in [0.1, 0.15) is 18.4 Å². The summed E-state index contributed by atoms with van der Waals surface area (Å²) in [5.74, 6) is 1.18. The van der Waals surface area contributed by atoms with Gasteiger partial charge in [-0.25, -0.2) is 14.8 Å². The van der Waals surface area contributed by atoms with Gasteiger partial charge in [0.05, 0.1) is 6.61 Å². The van der Waals surface area contributed by atoms with Crippen LogP contribution in [0.3, 0.4) is 0 Å². The van der Waals surface area contributed by atoms with E-state index in [4.69, 9.17) is 9.47 Å². The number of hydrogen-bond acceptors (Lipinski definition) is 6. The molecule has 0 saturated carbocycles. The summed E-state index contributed by atoms with van der Waals surface area (Å²) in [6.45, 7) is 1.93. The SMILES string of the molecule is O=C(Oc1ccc(CCOc2ccccn2)cc1)N1CCC(Sc2ncc[nH]2)CC1. The molecule has 8 heteroatoms. The zero-order valence-electron chi connectivity index (χ0n) is 16.6. The van der Waals surface area contributed by atoms with Crippen molar-refractivity contribution in [2.75, 3.05) is 19.7 Å². The number of hydrogen-bond donors (Lipinski definition) is 1. The Morgan fingerprint density at radius 3 is 2.63 bits per heavy atom. The number of carbonyl (C=O) groups is 1. The Morgan fingerprint density at radius 2 is 1.93 bits per heavy atom. The molecule has 0 atom stereocenters. The summed E-state index contributed by atoms with van der Waals surface area (Å²) in [6, 6.07) is 13.1. The molecule has 0 unspecified atom stereocenters. The number of ether oxygens (including phenoxy) is 2. The summed E-state index contributed by atoms with van der Waals surface area (Å²) < 4.78 is 11.2. The Labute approximate surface area is 179 Å². The molecule has 0 bridgehead atoms. The van der Waals surface area contributed by atoms with Crippen molar-refractivity contribution in [2.24, 2.45) is 0 Å². The maximum Gasteiger partial charge on any atom is 0.415 e. The third kappa shape index (κ3) is 5.76. The van der Waals surface area contributed by atoms with Crippen LogP contribution < -0.4 is 9.47 Å². The molecule has 1 aromatic carbocycles. The normalized spacial score (nSPS) is 14.5. The summed E-state index contributed by atoms with van der Waals surface area (Å²) in [4.78, 5) is 25.7. The van der Waals surface area contributed by atoms with Gasteiger partial charge in [0.15, 0.2) is 5.16 Å². The van der Waals surface area contributed by atoms with Crippen LogP contribution in [0.15, 0.2) is 66.2 Å². The quantitative estimate of drug-likeness (QED) is 0.613. The van der Waals surface area contributed by atoms with Crippen molar-refractivity contribution in [1.82, 2.24) is 19.9 Å². The Kier molecular flexibility index (Phi) is 6.87. The molecule has 1 aliphatic rings. The fraction of sp³-hybridized carbons (Fsp3) is 0.318. The number of nitrogens with zero attached hydrogens (tertiary/aromatic N) is 3. The third-order valence-electron chi connectivity index (χ3n) is 4.86. The van der Waals surface area contributed by atoms with Crippen LogP contribution in [0.2, 0.25) is 0 Å². The lowest BCUT2D eigenvalue weighted by Crippen LogP contribution is -2.40. The fourth-order valence-electron chi connectivity index (χ4n) is 3.22. The maximum atomic E-state index is 12.5. The molecule has 156 valence electrons. The highest BCUT2D eigenvalue weighted by atomic mass is 32.2. The fourth-order valence-corrected chi connectivity index (χ4v) is 4.24. The summed E-state index contributed by atoms with van der Waals surface area (Å²) in [5, 5.41) is 1.40. The van der Waals surface area contributed by atoms with E-state index in [1.54, 1.807) is 29.1 Å². The van der Waals surface area contributed by atoms with Crippen LogP contribution in [0.5, 0.6) is 11.6 Å². The molecule has 1 N–H and O–H groups in total. The van der Waals surface area contributed by atoms with E-state index in [-0.39, 0.29) is 6.09 Å². The van der Waals surface area contributed by atoms with Crippen molar-refractivity contribution >= 4 is 17.9 Å². The number of thioether (sulfide) groups is 1. The predicted octanol–water partition coefficient (Wildman–Crippen LogP) is 4.18. The highest BCUT2D eigenvalue weighted by Gasteiger charge is 2.25. The molecule has 2 aromatic heterocycles. The lowest BCUT2D eigenvalue weighted by Gasteiger charge is -2.30. The minimum Gasteiger partial charge on any atom is -0.477 e. The van der Waals surface area contributed by atoms with Gasteiger partial charge >= 0.3 is 6.09 Å². The first-order chi connectivity index (χ1) is 14.8. The van der Waals surface area contributed by atoms with Crippen molar-refractivity contribution in [1.29, 1.82) is 0 Å². The van der Waals surface area contributed by atoms with Crippen molar-refractivity contribution in [2.45, 2.75) is 29.7 Å². The average Bonchev–Trinajstić information content (AvgIpc) is 3.29. The molecule has 30 heavy (non-hydrogen) atoms. The van der Waals surface area contributed by atoms with E-state index in [0.29, 0.717) is 36.6 Å². The minimum absolute atomic E-state index is 0.289. The number of carbonyl (C=O) groups excluding carboxylic acids is 1. The van der Waals surface area contributed by atoms with E-state index in [0.717, 1.165) is 30.0 Å². The number of aromatic amines is 1.